The molecule has 0 amide bonds. The van der Waals surface area contributed by atoms with Crippen molar-refractivity contribution in [3.63, 3.8) is 0 Å². The van der Waals surface area contributed by atoms with Crippen molar-refractivity contribution >= 4 is 39.1 Å². The standard InChI is InChI=1S/C15H13BrCl2N2O/c1-2-5-21-11-4-3-10(17)15(18)14(11)9-6-13-19-7-12(16)20(13)8-9/h2-4,7,9H,1,5-6,8H2/t9-/m1/s1. The quantitative estimate of drug-likeness (QED) is 0.700. The van der Waals surface area contributed by atoms with E-state index in [0.717, 1.165) is 34.7 Å². The summed E-state index contributed by atoms with van der Waals surface area (Å²) >= 11 is 16.1. The summed E-state index contributed by atoms with van der Waals surface area (Å²) in [6.45, 7) is 4.92. The van der Waals surface area contributed by atoms with Gasteiger partial charge in [0.2, 0.25) is 0 Å². The highest BCUT2D eigenvalue weighted by molar-refractivity contribution is 9.10. The van der Waals surface area contributed by atoms with Gasteiger partial charge in [-0.15, -0.1) is 0 Å². The molecule has 0 bridgehead atoms. The van der Waals surface area contributed by atoms with Crippen LogP contribution >= 0.6 is 39.1 Å². The largest absolute Gasteiger partial charge is 0.489 e. The Morgan fingerprint density at radius 2 is 2.29 bits per heavy atom. The van der Waals surface area contributed by atoms with Crippen LogP contribution < -0.4 is 4.74 Å². The maximum absolute atomic E-state index is 6.43. The first-order valence-electron chi connectivity index (χ1n) is 6.53. The van der Waals surface area contributed by atoms with Gasteiger partial charge in [-0.2, -0.15) is 0 Å². The number of imidazole rings is 1. The molecule has 110 valence electrons. The van der Waals surface area contributed by atoms with E-state index in [9.17, 15) is 0 Å². The lowest BCUT2D eigenvalue weighted by molar-refractivity contribution is 0.355. The fourth-order valence-electron chi connectivity index (χ4n) is 2.65. The monoisotopic (exact) mass is 386 g/mol. The Morgan fingerprint density at radius 3 is 3.00 bits per heavy atom. The van der Waals surface area contributed by atoms with Gasteiger partial charge in [-0.1, -0.05) is 35.9 Å². The van der Waals surface area contributed by atoms with Gasteiger partial charge in [-0.25, -0.2) is 4.98 Å². The topological polar surface area (TPSA) is 27.1 Å². The lowest BCUT2D eigenvalue weighted by Gasteiger charge is -2.18. The Bertz CT molecular complexity index is 699. The summed E-state index contributed by atoms with van der Waals surface area (Å²) in [5.41, 5.74) is 0.948. The summed E-state index contributed by atoms with van der Waals surface area (Å²) in [6.07, 6.45) is 4.35. The molecule has 0 aliphatic carbocycles. The number of aromatic nitrogens is 2. The number of benzene rings is 1. The fourth-order valence-corrected chi connectivity index (χ4v) is 3.58. The second kappa shape index (κ2) is 6.03. The van der Waals surface area contributed by atoms with E-state index < -0.39 is 0 Å². The van der Waals surface area contributed by atoms with Gasteiger partial charge in [-0.3, -0.25) is 0 Å². The number of ether oxygens (including phenoxy) is 1. The Hall–Kier alpha value is -0.970. The van der Waals surface area contributed by atoms with Crippen molar-refractivity contribution in [2.45, 2.75) is 18.9 Å². The lowest BCUT2D eigenvalue weighted by Crippen LogP contribution is -2.06. The van der Waals surface area contributed by atoms with Gasteiger partial charge in [0.15, 0.2) is 0 Å². The van der Waals surface area contributed by atoms with Crippen molar-refractivity contribution < 1.29 is 4.74 Å². The predicted molar refractivity (Wildman–Crippen MR) is 88.5 cm³/mol. The third-order valence-corrected chi connectivity index (χ3v) is 5.03. The Kier molecular flexibility index (Phi) is 4.29. The first kappa shape index (κ1) is 14.9. The van der Waals surface area contributed by atoms with Gasteiger partial charge in [0.1, 0.15) is 22.8 Å². The van der Waals surface area contributed by atoms with Crippen molar-refractivity contribution in [3.8, 4) is 5.75 Å². The van der Waals surface area contributed by atoms with E-state index >= 15 is 0 Å². The molecule has 0 fully saturated rings. The van der Waals surface area contributed by atoms with Crippen LogP contribution in [-0.2, 0) is 13.0 Å². The smallest absolute Gasteiger partial charge is 0.124 e. The molecule has 3 nitrogen and oxygen atoms in total. The van der Waals surface area contributed by atoms with Crippen LogP contribution in [0.25, 0.3) is 0 Å². The van der Waals surface area contributed by atoms with Gasteiger partial charge >= 0.3 is 0 Å². The SMILES string of the molecule is C=CCOc1ccc(Cl)c(Cl)c1[C@@H]1Cc2ncc(Br)n2C1. The Labute approximate surface area is 141 Å². The molecular weight excluding hydrogens is 375 g/mol. The number of rotatable bonds is 4. The zero-order valence-electron chi connectivity index (χ0n) is 11.2. The third kappa shape index (κ3) is 2.72. The average Bonchev–Trinajstić information content (AvgIpc) is 3.03. The van der Waals surface area contributed by atoms with Crippen LogP contribution in [0.5, 0.6) is 5.75 Å². The summed E-state index contributed by atoms with van der Waals surface area (Å²) in [7, 11) is 0. The molecule has 1 aliphatic rings. The van der Waals surface area contributed by atoms with Gasteiger partial charge in [-0.05, 0) is 28.1 Å². The van der Waals surface area contributed by atoms with Crippen LogP contribution in [0.3, 0.4) is 0 Å². The van der Waals surface area contributed by atoms with E-state index in [2.05, 4.69) is 32.1 Å². The van der Waals surface area contributed by atoms with Crippen molar-refractivity contribution in [3.05, 3.63) is 57.0 Å². The van der Waals surface area contributed by atoms with Gasteiger partial charge < -0.3 is 9.30 Å². The molecule has 0 N–H and O–H groups in total. The molecule has 3 rings (SSSR count). The van der Waals surface area contributed by atoms with E-state index in [4.69, 9.17) is 27.9 Å². The number of hydrogen-bond acceptors (Lipinski definition) is 2. The molecule has 1 aliphatic heterocycles. The zero-order valence-corrected chi connectivity index (χ0v) is 14.2. The molecule has 6 heteroatoms. The minimum atomic E-state index is 0.205. The second-order valence-corrected chi connectivity index (χ2v) is 6.48. The zero-order chi connectivity index (χ0) is 15.0. The van der Waals surface area contributed by atoms with E-state index in [1.807, 2.05) is 12.3 Å². The summed E-state index contributed by atoms with van der Waals surface area (Å²) in [6, 6.07) is 3.62. The molecule has 1 aromatic heterocycles. The molecule has 1 atom stereocenters. The van der Waals surface area contributed by atoms with Crippen molar-refractivity contribution in [2.75, 3.05) is 6.61 Å². The van der Waals surface area contributed by atoms with Crippen LogP contribution in [0.2, 0.25) is 10.0 Å². The highest BCUT2D eigenvalue weighted by Crippen LogP contribution is 2.42. The molecular formula is C15H13BrCl2N2O. The third-order valence-electron chi connectivity index (χ3n) is 3.58. The molecule has 0 unspecified atom stereocenters. The average molecular weight is 388 g/mol. The van der Waals surface area contributed by atoms with Gasteiger partial charge in [0.05, 0.1) is 16.2 Å². The van der Waals surface area contributed by atoms with Crippen LogP contribution in [-0.4, -0.2) is 16.2 Å². The summed E-state index contributed by atoms with van der Waals surface area (Å²) in [4.78, 5) is 4.40. The molecule has 2 heterocycles. The highest BCUT2D eigenvalue weighted by Gasteiger charge is 2.30. The van der Waals surface area contributed by atoms with Crippen molar-refractivity contribution in [2.24, 2.45) is 0 Å². The van der Waals surface area contributed by atoms with E-state index in [1.54, 1.807) is 12.1 Å². The second-order valence-electron chi connectivity index (χ2n) is 4.88. The lowest BCUT2D eigenvalue weighted by atomic mass is 9.96. The van der Waals surface area contributed by atoms with Gasteiger partial charge in [0, 0.05) is 24.4 Å². The van der Waals surface area contributed by atoms with E-state index in [1.165, 1.54) is 0 Å². The molecule has 0 spiro atoms. The van der Waals surface area contributed by atoms with Crippen LogP contribution in [0.1, 0.15) is 17.3 Å². The number of nitrogens with zero attached hydrogens (tertiary/aromatic N) is 2. The Morgan fingerprint density at radius 1 is 1.48 bits per heavy atom. The number of hydrogen-bond donors (Lipinski definition) is 0. The highest BCUT2D eigenvalue weighted by atomic mass is 79.9. The first-order valence-corrected chi connectivity index (χ1v) is 8.08. The molecule has 0 radical (unpaired) electrons. The maximum atomic E-state index is 6.43. The molecule has 0 saturated heterocycles. The summed E-state index contributed by atoms with van der Waals surface area (Å²) in [5.74, 6) is 2.00. The van der Waals surface area contributed by atoms with Crippen molar-refractivity contribution in [1.29, 1.82) is 0 Å². The van der Waals surface area contributed by atoms with Gasteiger partial charge in [0.25, 0.3) is 0 Å². The fraction of sp³-hybridized carbons (Fsp3) is 0.267. The van der Waals surface area contributed by atoms with Crippen LogP contribution in [0.15, 0.2) is 35.6 Å². The molecule has 1 aromatic carbocycles. The first-order chi connectivity index (χ1) is 10.1. The Balaban J connectivity index is 1.98. The van der Waals surface area contributed by atoms with E-state index in [0.29, 0.717) is 16.7 Å². The predicted octanol–water partition coefficient (Wildman–Crippen LogP) is 4.86. The minimum Gasteiger partial charge on any atom is -0.489 e. The van der Waals surface area contributed by atoms with Crippen LogP contribution in [0, 0.1) is 0 Å². The molecule has 0 saturated carbocycles. The minimum absolute atomic E-state index is 0.205. The van der Waals surface area contributed by atoms with Crippen molar-refractivity contribution in [1.82, 2.24) is 9.55 Å². The number of fused-ring (bicyclic) bond motifs is 1. The molecule has 21 heavy (non-hydrogen) atoms. The van der Waals surface area contributed by atoms with E-state index in [-0.39, 0.29) is 5.92 Å². The summed E-state index contributed by atoms with van der Waals surface area (Å²) < 4.78 is 8.85. The molecule has 2 aromatic rings. The normalized spacial score (nSPS) is 16.8. The number of halogens is 3. The maximum Gasteiger partial charge on any atom is 0.124 e. The summed E-state index contributed by atoms with van der Waals surface area (Å²) in [5, 5.41) is 1.10. The van der Waals surface area contributed by atoms with Crippen LogP contribution in [0.4, 0.5) is 0 Å².